The van der Waals surface area contributed by atoms with Crippen LogP contribution in [-0.4, -0.2) is 44.1 Å². The van der Waals surface area contributed by atoms with Gasteiger partial charge in [-0.15, -0.1) is 0 Å². The fourth-order valence-corrected chi connectivity index (χ4v) is 4.73. The van der Waals surface area contributed by atoms with E-state index in [0.717, 1.165) is 55.0 Å². The number of benzene rings is 3. The molecule has 1 amide bonds. The van der Waals surface area contributed by atoms with Crippen LogP contribution in [0.2, 0.25) is 0 Å². The van der Waals surface area contributed by atoms with Gasteiger partial charge in [-0.3, -0.25) is 9.69 Å². The van der Waals surface area contributed by atoms with Gasteiger partial charge in [0.25, 0.3) is 5.91 Å². The Labute approximate surface area is 206 Å². The maximum absolute atomic E-state index is 13.0. The predicted molar refractivity (Wildman–Crippen MR) is 139 cm³/mol. The second-order valence-corrected chi connectivity index (χ2v) is 8.97. The first-order chi connectivity index (χ1) is 17.1. The molecule has 4 aromatic rings. The van der Waals surface area contributed by atoms with Crippen molar-refractivity contribution in [3.05, 3.63) is 95.2 Å². The molecule has 180 valence electrons. The predicted octanol–water partition coefficient (Wildman–Crippen LogP) is 5.00. The van der Waals surface area contributed by atoms with Gasteiger partial charge in [0.1, 0.15) is 11.3 Å². The van der Waals surface area contributed by atoms with E-state index in [4.69, 9.17) is 9.15 Å². The Morgan fingerprint density at radius 1 is 0.943 bits per heavy atom. The zero-order valence-corrected chi connectivity index (χ0v) is 20.3. The summed E-state index contributed by atoms with van der Waals surface area (Å²) in [7, 11) is 1.63. The Morgan fingerprint density at radius 3 is 2.40 bits per heavy atom. The Hall–Kier alpha value is -3.77. The molecule has 6 nitrogen and oxygen atoms in total. The summed E-state index contributed by atoms with van der Waals surface area (Å²) in [5.74, 6) is 0.888. The van der Waals surface area contributed by atoms with E-state index in [2.05, 4.69) is 63.6 Å². The first-order valence-electron chi connectivity index (χ1n) is 12.1. The summed E-state index contributed by atoms with van der Waals surface area (Å²) in [5.41, 5.74) is 5.16. The van der Waals surface area contributed by atoms with Crippen molar-refractivity contribution in [1.82, 2.24) is 10.2 Å². The molecule has 1 aliphatic heterocycles. The second kappa shape index (κ2) is 10.2. The van der Waals surface area contributed by atoms with Gasteiger partial charge >= 0.3 is 0 Å². The number of para-hydroxylation sites is 1. The number of methoxy groups -OCH3 is 1. The summed E-state index contributed by atoms with van der Waals surface area (Å²) < 4.78 is 11.2. The number of anilines is 1. The number of fused-ring (bicyclic) bond motifs is 1. The third-order valence-corrected chi connectivity index (χ3v) is 6.79. The molecule has 0 spiro atoms. The van der Waals surface area contributed by atoms with Crippen LogP contribution in [0.15, 0.2) is 77.2 Å². The van der Waals surface area contributed by atoms with Crippen molar-refractivity contribution < 1.29 is 13.9 Å². The number of ether oxygens (including phenoxy) is 1. The molecule has 1 fully saturated rings. The minimum Gasteiger partial charge on any atom is -0.497 e. The first kappa shape index (κ1) is 23.0. The average Bonchev–Trinajstić information content (AvgIpc) is 3.24. The molecule has 0 bridgehead atoms. The molecule has 2 heterocycles. The van der Waals surface area contributed by atoms with Crippen LogP contribution < -0.4 is 15.0 Å². The molecule has 1 N–H and O–H groups in total. The van der Waals surface area contributed by atoms with E-state index in [-0.39, 0.29) is 5.91 Å². The zero-order chi connectivity index (χ0) is 24.2. The van der Waals surface area contributed by atoms with Crippen molar-refractivity contribution in [2.75, 3.05) is 38.2 Å². The molecular formula is C29H31N3O3. The van der Waals surface area contributed by atoms with E-state index in [1.54, 1.807) is 7.11 Å². The fourth-order valence-electron chi connectivity index (χ4n) is 4.73. The largest absolute Gasteiger partial charge is 0.497 e. The first-order valence-corrected chi connectivity index (χ1v) is 12.1. The highest BCUT2D eigenvalue weighted by Crippen LogP contribution is 2.29. The number of carbonyl (C=O) groups excluding carboxylic acids is 1. The second-order valence-electron chi connectivity index (χ2n) is 8.97. The molecule has 1 saturated heterocycles. The summed E-state index contributed by atoms with van der Waals surface area (Å²) in [5, 5.41) is 3.95. The van der Waals surface area contributed by atoms with Crippen LogP contribution in [0.25, 0.3) is 11.0 Å². The van der Waals surface area contributed by atoms with Crippen LogP contribution >= 0.6 is 0 Å². The maximum atomic E-state index is 13.0. The number of hydrogen-bond donors (Lipinski definition) is 1. The minimum absolute atomic E-state index is 0.205. The SMILES string of the molecule is COc1ccc2oc(C(=O)NCc3ccccc3CN3CCN(c4ccccc4)CC3)c(C)c2c1. The van der Waals surface area contributed by atoms with Gasteiger partial charge in [0, 0.05) is 55.9 Å². The lowest BCUT2D eigenvalue weighted by Crippen LogP contribution is -2.46. The number of hydrogen-bond acceptors (Lipinski definition) is 5. The quantitative estimate of drug-likeness (QED) is 0.413. The van der Waals surface area contributed by atoms with Gasteiger partial charge in [-0.2, -0.15) is 0 Å². The van der Waals surface area contributed by atoms with Crippen molar-refractivity contribution in [3.8, 4) is 5.75 Å². The third kappa shape index (κ3) is 5.03. The highest BCUT2D eigenvalue weighted by Gasteiger charge is 2.20. The third-order valence-electron chi connectivity index (χ3n) is 6.79. The van der Waals surface area contributed by atoms with Gasteiger partial charge in [-0.1, -0.05) is 42.5 Å². The van der Waals surface area contributed by atoms with Crippen molar-refractivity contribution in [2.24, 2.45) is 0 Å². The fraction of sp³-hybridized carbons (Fsp3) is 0.276. The molecule has 3 aromatic carbocycles. The molecule has 5 rings (SSSR count). The maximum Gasteiger partial charge on any atom is 0.287 e. The number of carbonyl (C=O) groups is 1. The number of rotatable bonds is 7. The summed E-state index contributed by atoms with van der Waals surface area (Å²) in [6.07, 6.45) is 0. The number of amides is 1. The Bertz CT molecular complexity index is 1310. The molecule has 0 radical (unpaired) electrons. The zero-order valence-electron chi connectivity index (χ0n) is 20.3. The summed E-state index contributed by atoms with van der Waals surface area (Å²) in [6.45, 7) is 7.28. The number of furan rings is 1. The van der Waals surface area contributed by atoms with Crippen molar-refractivity contribution in [2.45, 2.75) is 20.0 Å². The highest BCUT2D eigenvalue weighted by molar-refractivity contribution is 5.99. The van der Waals surface area contributed by atoms with Crippen molar-refractivity contribution >= 4 is 22.6 Å². The van der Waals surface area contributed by atoms with Crippen molar-refractivity contribution in [1.29, 1.82) is 0 Å². The van der Waals surface area contributed by atoms with Gasteiger partial charge in [-0.05, 0) is 48.4 Å². The number of aryl methyl sites for hydroxylation is 1. The topological polar surface area (TPSA) is 58.0 Å². The summed E-state index contributed by atoms with van der Waals surface area (Å²) in [6, 6.07) is 24.5. The summed E-state index contributed by atoms with van der Waals surface area (Å²) >= 11 is 0. The molecule has 1 aliphatic rings. The van der Waals surface area contributed by atoms with E-state index in [0.29, 0.717) is 17.9 Å². The Kier molecular flexibility index (Phi) is 6.73. The molecule has 0 aliphatic carbocycles. The van der Waals surface area contributed by atoms with Crippen molar-refractivity contribution in [3.63, 3.8) is 0 Å². The van der Waals surface area contributed by atoms with Gasteiger partial charge in [0.15, 0.2) is 5.76 Å². The standard InChI is InChI=1S/C29H31N3O3/c1-21-26-18-25(34-2)12-13-27(26)35-28(21)29(33)30-19-22-8-6-7-9-23(22)20-31-14-16-32(17-15-31)24-10-4-3-5-11-24/h3-13,18H,14-17,19-20H2,1-2H3,(H,30,33). The Balaban J connectivity index is 1.22. The minimum atomic E-state index is -0.205. The lowest BCUT2D eigenvalue weighted by molar-refractivity contribution is 0.0924. The molecule has 0 atom stereocenters. The van der Waals surface area contributed by atoms with Crippen LogP contribution in [0, 0.1) is 6.92 Å². The Morgan fingerprint density at radius 2 is 1.66 bits per heavy atom. The molecule has 1 aromatic heterocycles. The molecule has 0 unspecified atom stereocenters. The van der Waals surface area contributed by atoms with Crippen LogP contribution in [-0.2, 0) is 13.1 Å². The molecule has 0 saturated carbocycles. The monoisotopic (exact) mass is 469 g/mol. The molecular weight excluding hydrogens is 438 g/mol. The lowest BCUT2D eigenvalue weighted by atomic mass is 10.1. The van der Waals surface area contributed by atoms with Gasteiger partial charge in [0.2, 0.25) is 0 Å². The van der Waals surface area contributed by atoms with Gasteiger partial charge in [-0.25, -0.2) is 0 Å². The smallest absolute Gasteiger partial charge is 0.287 e. The normalized spacial score (nSPS) is 14.3. The van der Waals surface area contributed by atoms with E-state index in [1.807, 2.05) is 31.2 Å². The highest BCUT2D eigenvalue weighted by atomic mass is 16.5. The van der Waals surface area contributed by atoms with Crippen LogP contribution in [0.5, 0.6) is 5.75 Å². The summed E-state index contributed by atoms with van der Waals surface area (Å²) in [4.78, 5) is 17.9. The van der Waals surface area contributed by atoms with E-state index >= 15 is 0 Å². The lowest BCUT2D eigenvalue weighted by Gasteiger charge is -2.36. The van der Waals surface area contributed by atoms with Crippen LogP contribution in [0.4, 0.5) is 5.69 Å². The van der Waals surface area contributed by atoms with Gasteiger partial charge in [0.05, 0.1) is 7.11 Å². The van der Waals surface area contributed by atoms with Gasteiger partial charge < -0.3 is 19.4 Å². The molecule has 35 heavy (non-hydrogen) atoms. The van der Waals surface area contributed by atoms with E-state index < -0.39 is 0 Å². The van der Waals surface area contributed by atoms with Crippen LogP contribution in [0.3, 0.4) is 0 Å². The number of piperazine rings is 1. The van der Waals surface area contributed by atoms with Crippen LogP contribution in [0.1, 0.15) is 27.2 Å². The van der Waals surface area contributed by atoms with E-state index in [1.165, 1.54) is 11.3 Å². The average molecular weight is 470 g/mol. The van der Waals surface area contributed by atoms with E-state index in [9.17, 15) is 4.79 Å². The number of nitrogens with one attached hydrogen (secondary N) is 1. The number of nitrogens with zero attached hydrogens (tertiary/aromatic N) is 2. The molecule has 6 heteroatoms.